The number of anilines is 1. The molecule has 136 valence electrons. The molecule has 0 spiro atoms. The molecule has 0 radical (unpaired) electrons. The molecule has 25 heavy (non-hydrogen) atoms. The molecule has 1 aromatic carbocycles. The van der Waals surface area contributed by atoms with Gasteiger partial charge in [-0.05, 0) is 12.1 Å². The van der Waals surface area contributed by atoms with Crippen LogP contribution in [0, 0.1) is 5.92 Å². The summed E-state index contributed by atoms with van der Waals surface area (Å²) in [6.45, 7) is 0.375. The van der Waals surface area contributed by atoms with Crippen molar-refractivity contribution in [1.82, 2.24) is 4.90 Å². The first kappa shape index (κ1) is 18.6. The van der Waals surface area contributed by atoms with Crippen LogP contribution in [0.3, 0.4) is 0 Å². The molecule has 1 aliphatic heterocycles. The lowest BCUT2D eigenvalue weighted by atomic mass is 10.1. The number of aliphatic carboxylic acids is 1. The van der Waals surface area contributed by atoms with Crippen molar-refractivity contribution in [2.75, 3.05) is 39.3 Å². The van der Waals surface area contributed by atoms with Gasteiger partial charge in [0.2, 0.25) is 11.8 Å². The molecule has 0 aliphatic carbocycles. The maximum atomic E-state index is 12.4. The third-order valence-electron chi connectivity index (χ3n) is 4.19. The van der Waals surface area contributed by atoms with Crippen LogP contribution in [0.25, 0.3) is 0 Å². The van der Waals surface area contributed by atoms with Crippen molar-refractivity contribution in [1.29, 1.82) is 0 Å². The zero-order chi connectivity index (χ0) is 18.6. The standard InChI is InChI=1S/C17H22N2O6/c1-18(7-6-16(21)22)17(23)11-8-15(20)19(10-11)12-4-5-13(24-2)14(9-12)25-3/h4-5,9,11H,6-8,10H2,1-3H3,(H,21,22)/t11-/m1/s1. The predicted octanol–water partition coefficient (Wildman–Crippen LogP) is 0.990. The second-order valence-electron chi connectivity index (χ2n) is 5.85. The molecule has 1 N–H and O–H groups in total. The van der Waals surface area contributed by atoms with Gasteiger partial charge in [-0.1, -0.05) is 0 Å². The Morgan fingerprint density at radius 2 is 1.96 bits per heavy atom. The Bertz CT molecular complexity index is 675. The minimum atomic E-state index is -0.964. The van der Waals surface area contributed by atoms with E-state index >= 15 is 0 Å². The number of hydrogen-bond donors (Lipinski definition) is 1. The van der Waals surface area contributed by atoms with Crippen LogP contribution >= 0.6 is 0 Å². The van der Waals surface area contributed by atoms with Gasteiger partial charge >= 0.3 is 5.97 Å². The van der Waals surface area contributed by atoms with E-state index in [2.05, 4.69) is 0 Å². The lowest BCUT2D eigenvalue weighted by molar-refractivity contribution is -0.139. The first-order valence-corrected chi connectivity index (χ1v) is 7.86. The second-order valence-corrected chi connectivity index (χ2v) is 5.85. The van der Waals surface area contributed by atoms with E-state index in [1.165, 1.54) is 24.0 Å². The summed E-state index contributed by atoms with van der Waals surface area (Å²) in [6.07, 6.45) is -0.0209. The normalized spacial score (nSPS) is 16.7. The van der Waals surface area contributed by atoms with Crippen LogP contribution in [-0.4, -0.2) is 62.1 Å². The number of hydrogen-bond acceptors (Lipinski definition) is 5. The molecule has 0 aromatic heterocycles. The van der Waals surface area contributed by atoms with Gasteiger partial charge in [-0.25, -0.2) is 0 Å². The zero-order valence-electron chi connectivity index (χ0n) is 14.5. The van der Waals surface area contributed by atoms with Gasteiger partial charge in [0.25, 0.3) is 0 Å². The van der Waals surface area contributed by atoms with Crippen LogP contribution in [0.2, 0.25) is 0 Å². The Morgan fingerprint density at radius 1 is 1.28 bits per heavy atom. The first-order valence-electron chi connectivity index (χ1n) is 7.86. The highest BCUT2D eigenvalue weighted by molar-refractivity contribution is 6.00. The fourth-order valence-corrected chi connectivity index (χ4v) is 2.80. The number of ether oxygens (including phenoxy) is 2. The molecule has 1 heterocycles. The Labute approximate surface area is 145 Å². The van der Waals surface area contributed by atoms with Gasteiger partial charge in [0, 0.05) is 38.3 Å². The van der Waals surface area contributed by atoms with Crippen molar-refractivity contribution in [3.8, 4) is 11.5 Å². The Kier molecular flexibility index (Phi) is 5.84. The molecule has 8 nitrogen and oxygen atoms in total. The molecule has 8 heteroatoms. The topological polar surface area (TPSA) is 96.4 Å². The molecule has 1 aromatic rings. The summed E-state index contributed by atoms with van der Waals surface area (Å²) in [5.41, 5.74) is 0.631. The summed E-state index contributed by atoms with van der Waals surface area (Å²) >= 11 is 0. The quantitative estimate of drug-likeness (QED) is 0.788. The SMILES string of the molecule is COc1ccc(N2C[C@H](C(=O)N(C)CCC(=O)O)CC2=O)cc1OC. The highest BCUT2D eigenvalue weighted by Crippen LogP contribution is 2.34. The van der Waals surface area contributed by atoms with Crippen molar-refractivity contribution in [3.05, 3.63) is 18.2 Å². The number of methoxy groups -OCH3 is 2. The molecule has 1 fully saturated rings. The highest BCUT2D eigenvalue weighted by atomic mass is 16.5. The van der Waals surface area contributed by atoms with E-state index in [-0.39, 0.29) is 37.7 Å². The molecule has 0 saturated carbocycles. The van der Waals surface area contributed by atoms with Crippen molar-refractivity contribution >= 4 is 23.5 Å². The smallest absolute Gasteiger partial charge is 0.305 e. The second kappa shape index (κ2) is 7.87. The maximum absolute atomic E-state index is 12.4. The van der Waals surface area contributed by atoms with Gasteiger partial charge in [-0.3, -0.25) is 14.4 Å². The lowest BCUT2D eigenvalue weighted by Gasteiger charge is -2.21. The van der Waals surface area contributed by atoms with Gasteiger partial charge < -0.3 is 24.4 Å². The van der Waals surface area contributed by atoms with Gasteiger partial charge in [0.1, 0.15) is 0 Å². The summed E-state index contributed by atoms with van der Waals surface area (Å²) in [7, 11) is 4.59. The van der Waals surface area contributed by atoms with Crippen LogP contribution in [0.15, 0.2) is 18.2 Å². The third kappa shape index (κ3) is 4.20. The van der Waals surface area contributed by atoms with Gasteiger partial charge in [-0.15, -0.1) is 0 Å². The lowest BCUT2D eigenvalue weighted by Crippen LogP contribution is -2.36. The molecular formula is C17H22N2O6. The number of amides is 2. The number of rotatable bonds is 7. The average Bonchev–Trinajstić information content (AvgIpc) is 2.99. The van der Waals surface area contributed by atoms with Crippen LogP contribution in [-0.2, 0) is 14.4 Å². The summed E-state index contributed by atoms with van der Waals surface area (Å²) in [5, 5.41) is 8.71. The number of carboxylic acid groups (broad SMARTS) is 1. The Morgan fingerprint density at radius 3 is 2.56 bits per heavy atom. The minimum Gasteiger partial charge on any atom is -0.493 e. The molecule has 0 unspecified atom stereocenters. The van der Waals surface area contributed by atoms with E-state index in [0.29, 0.717) is 17.2 Å². The van der Waals surface area contributed by atoms with E-state index < -0.39 is 11.9 Å². The average molecular weight is 350 g/mol. The zero-order valence-corrected chi connectivity index (χ0v) is 14.5. The summed E-state index contributed by atoms with van der Waals surface area (Å²) in [4.78, 5) is 38.3. The number of benzene rings is 1. The van der Waals surface area contributed by atoms with Crippen LogP contribution < -0.4 is 14.4 Å². The summed E-state index contributed by atoms with van der Waals surface area (Å²) in [5.74, 6) is -0.775. The third-order valence-corrected chi connectivity index (χ3v) is 4.19. The van der Waals surface area contributed by atoms with Crippen molar-refractivity contribution in [2.24, 2.45) is 5.92 Å². The molecule has 0 bridgehead atoms. The van der Waals surface area contributed by atoms with Crippen LogP contribution in [0.1, 0.15) is 12.8 Å². The van der Waals surface area contributed by atoms with Crippen molar-refractivity contribution in [2.45, 2.75) is 12.8 Å². The molecule has 1 aliphatic rings. The van der Waals surface area contributed by atoms with Gasteiger partial charge in [-0.2, -0.15) is 0 Å². The fraction of sp³-hybridized carbons (Fsp3) is 0.471. The van der Waals surface area contributed by atoms with E-state index in [9.17, 15) is 14.4 Å². The molecule has 1 saturated heterocycles. The highest BCUT2D eigenvalue weighted by Gasteiger charge is 2.36. The molecular weight excluding hydrogens is 328 g/mol. The summed E-state index contributed by atoms with van der Waals surface area (Å²) in [6, 6.07) is 5.13. The molecule has 2 amide bonds. The van der Waals surface area contributed by atoms with E-state index in [1.807, 2.05) is 0 Å². The number of nitrogens with zero attached hydrogens (tertiary/aromatic N) is 2. The summed E-state index contributed by atoms with van der Waals surface area (Å²) < 4.78 is 10.4. The van der Waals surface area contributed by atoms with E-state index in [0.717, 1.165) is 0 Å². The Hall–Kier alpha value is -2.77. The number of carbonyl (C=O) groups is 3. The molecule has 2 rings (SSSR count). The number of carbonyl (C=O) groups excluding carboxylic acids is 2. The largest absolute Gasteiger partial charge is 0.493 e. The monoisotopic (exact) mass is 350 g/mol. The first-order chi connectivity index (χ1) is 11.9. The fourth-order valence-electron chi connectivity index (χ4n) is 2.80. The minimum absolute atomic E-state index is 0.102. The molecule has 1 atom stereocenters. The Balaban J connectivity index is 2.09. The predicted molar refractivity (Wildman–Crippen MR) is 89.9 cm³/mol. The van der Waals surface area contributed by atoms with Crippen molar-refractivity contribution < 1.29 is 29.0 Å². The van der Waals surface area contributed by atoms with E-state index in [4.69, 9.17) is 14.6 Å². The van der Waals surface area contributed by atoms with E-state index in [1.54, 1.807) is 25.2 Å². The van der Waals surface area contributed by atoms with Crippen LogP contribution in [0.5, 0.6) is 11.5 Å². The maximum Gasteiger partial charge on any atom is 0.305 e. The van der Waals surface area contributed by atoms with Crippen LogP contribution in [0.4, 0.5) is 5.69 Å². The van der Waals surface area contributed by atoms with Crippen molar-refractivity contribution in [3.63, 3.8) is 0 Å². The van der Waals surface area contributed by atoms with Gasteiger partial charge in [0.05, 0.1) is 26.6 Å². The number of carboxylic acids is 1. The van der Waals surface area contributed by atoms with Gasteiger partial charge in [0.15, 0.2) is 11.5 Å².